The minimum absolute atomic E-state index is 0.0626. The Labute approximate surface area is 192 Å². The number of aromatic amines is 1. The van der Waals surface area contributed by atoms with Crippen LogP contribution in [0, 0.1) is 0 Å². The summed E-state index contributed by atoms with van der Waals surface area (Å²) in [6.45, 7) is 0.403. The smallest absolute Gasteiger partial charge is 0.221 e. The predicted molar refractivity (Wildman–Crippen MR) is 131 cm³/mol. The molecule has 4 aromatic rings. The summed E-state index contributed by atoms with van der Waals surface area (Å²) in [4.78, 5) is 20.6. The van der Waals surface area contributed by atoms with Crippen LogP contribution in [0.1, 0.15) is 42.5 Å². The van der Waals surface area contributed by atoms with E-state index < -0.39 is 0 Å². The van der Waals surface area contributed by atoms with Gasteiger partial charge in [-0.3, -0.25) is 9.78 Å². The molecule has 0 bridgehead atoms. The van der Waals surface area contributed by atoms with Crippen LogP contribution in [0.25, 0.3) is 21.8 Å². The third-order valence-corrected chi connectivity index (χ3v) is 6.54. The molecule has 0 saturated heterocycles. The number of carbonyl (C=O) groups is 1. The lowest BCUT2D eigenvalue weighted by Gasteiger charge is -2.22. The van der Waals surface area contributed by atoms with Gasteiger partial charge in [-0.15, -0.1) is 0 Å². The van der Waals surface area contributed by atoms with E-state index in [1.54, 1.807) is 0 Å². The fourth-order valence-corrected chi connectivity index (χ4v) is 4.86. The van der Waals surface area contributed by atoms with Crippen LogP contribution in [0.2, 0.25) is 5.02 Å². The first-order valence-corrected chi connectivity index (χ1v) is 11.7. The van der Waals surface area contributed by atoms with Gasteiger partial charge in [0.25, 0.3) is 0 Å². The number of H-pyrrole nitrogens is 1. The van der Waals surface area contributed by atoms with Crippen molar-refractivity contribution >= 4 is 45.0 Å². The number of rotatable bonds is 7. The maximum atomic E-state index is 12.4. The largest absolute Gasteiger partial charge is 0.367 e. The average Bonchev–Trinajstić information content (AvgIpc) is 3.21. The molecule has 0 atom stereocenters. The Hall–Kier alpha value is -3.05. The number of amides is 1. The fraction of sp³-hybridized carbons (Fsp3) is 0.308. The topological polar surface area (TPSA) is 69.8 Å². The van der Waals surface area contributed by atoms with Crippen molar-refractivity contribution in [3.05, 3.63) is 70.5 Å². The van der Waals surface area contributed by atoms with Gasteiger partial charge in [-0.05, 0) is 73.9 Å². The number of aryl methyl sites for hydroxylation is 2. The van der Waals surface area contributed by atoms with Crippen LogP contribution in [-0.4, -0.2) is 22.5 Å². The zero-order chi connectivity index (χ0) is 21.9. The molecule has 5 nitrogen and oxygen atoms in total. The molecule has 0 saturated carbocycles. The van der Waals surface area contributed by atoms with Gasteiger partial charge in [-0.1, -0.05) is 29.8 Å². The van der Waals surface area contributed by atoms with Crippen LogP contribution in [0.4, 0.5) is 5.69 Å². The van der Waals surface area contributed by atoms with Crippen molar-refractivity contribution in [2.75, 3.05) is 12.0 Å². The Morgan fingerprint density at radius 3 is 2.91 bits per heavy atom. The van der Waals surface area contributed by atoms with Crippen LogP contribution in [-0.2, 0) is 24.1 Å². The molecule has 2 heterocycles. The maximum absolute atomic E-state index is 12.4. The van der Waals surface area contributed by atoms with Crippen molar-refractivity contribution in [2.24, 2.45) is 0 Å². The van der Waals surface area contributed by atoms with E-state index in [4.69, 9.17) is 16.6 Å². The van der Waals surface area contributed by atoms with Gasteiger partial charge in [0.1, 0.15) is 0 Å². The number of fused-ring (bicyclic) bond motifs is 3. The summed E-state index contributed by atoms with van der Waals surface area (Å²) >= 11 is 6.20. The van der Waals surface area contributed by atoms with E-state index in [1.165, 1.54) is 29.4 Å². The van der Waals surface area contributed by atoms with Gasteiger partial charge in [0.15, 0.2) is 0 Å². The summed E-state index contributed by atoms with van der Waals surface area (Å²) in [5.74, 6) is 0.0626. The number of hydrogen-bond donors (Lipinski definition) is 3. The molecule has 2 aromatic heterocycles. The number of pyridine rings is 1. The first-order valence-electron chi connectivity index (χ1n) is 11.4. The molecule has 0 fully saturated rings. The Morgan fingerprint density at radius 2 is 1.97 bits per heavy atom. The standard InChI is InChI=1S/C26H27ClN4O/c27-18-12-13-21-24(14-18)31-23-10-4-2-8-20(23)26(21)30-16-29-25(32)11-5-6-17-15-28-22-9-3-1-7-19(17)22/h1,3,7,9,12-15,28H,2,4-6,8,10-11,16H2,(H,29,32)(H,30,31). The number of nitrogens with one attached hydrogen (secondary N) is 3. The van der Waals surface area contributed by atoms with Crippen LogP contribution in [0.15, 0.2) is 48.7 Å². The summed E-state index contributed by atoms with van der Waals surface area (Å²) in [6, 6.07) is 14.1. The molecule has 32 heavy (non-hydrogen) atoms. The van der Waals surface area contributed by atoms with Crippen LogP contribution < -0.4 is 10.6 Å². The van der Waals surface area contributed by atoms with Crippen LogP contribution >= 0.6 is 11.6 Å². The number of hydrogen-bond acceptors (Lipinski definition) is 3. The van der Waals surface area contributed by atoms with Gasteiger partial charge in [-0.25, -0.2) is 0 Å². The van der Waals surface area contributed by atoms with Gasteiger partial charge >= 0.3 is 0 Å². The van der Waals surface area contributed by atoms with E-state index in [1.807, 2.05) is 36.5 Å². The number of nitrogens with zero attached hydrogens (tertiary/aromatic N) is 1. The van der Waals surface area contributed by atoms with Crippen molar-refractivity contribution in [3.8, 4) is 0 Å². The van der Waals surface area contributed by atoms with Crippen molar-refractivity contribution < 1.29 is 4.79 Å². The van der Waals surface area contributed by atoms with E-state index in [0.717, 1.165) is 53.5 Å². The number of anilines is 1. The Balaban J connectivity index is 1.20. The molecule has 0 radical (unpaired) electrons. The van der Waals surface area contributed by atoms with E-state index >= 15 is 0 Å². The van der Waals surface area contributed by atoms with Gasteiger partial charge < -0.3 is 15.6 Å². The monoisotopic (exact) mass is 446 g/mol. The normalized spacial score (nSPS) is 13.3. The molecule has 164 valence electrons. The molecule has 5 rings (SSSR count). The highest BCUT2D eigenvalue weighted by Crippen LogP contribution is 2.34. The molecule has 1 aliphatic carbocycles. The second-order valence-electron chi connectivity index (χ2n) is 8.45. The fourth-order valence-electron chi connectivity index (χ4n) is 4.70. The highest BCUT2D eigenvalue weighted by molar-refractivity contribution is 6.31. The Bertz CT molecular complexity index is 1280. The third kappa shape index (κ3) is 4.30. The summed E-state index contributed by atoms with van der Waals surface area (Å²) in [6.07, 6.45) is 8.60. The zero-order valence-electron chi connectivity index (χ0n) is 18.0. The first kappa shape index (κ1) is 20.8. The molecule has 1 amide bonds. The van der Waals surface area contributed by atoms with E-state index in [0.29, 0.717) is 18.1 Å². The summed E-state index contributed by atoms with van der Waals surface area (Å²) in [5, 5.41) is 9.49. The Morgan fingerprint density at radius 1 is 1.09 bits per heavy atom. The van der Waals surface area contributed by atoms with Gasteiger partial charge in [0.2, 0.25) is 5.91 Å². The lowest BCUT2D eigenvalue weighted by Crippen LogP contribution is -2.29. The average molecular weight is 447 g/mol. The van der Waals surface area contributed by atoms with Gasteiger partial charge in [0, 0.05) is 45.3 Å². The molecule has 0 unspecified atom stereocenters. The van der Waals surface area contributed by atoms with Crippen molar-refractivity contribution in [1.82, 2.24) is 15.3 Å². The highest BCUT2D eigenvalue weighted by Gasteiger charge is 2.18. The lowest BCUT2D eigenvalue weighted by atomic mass is 9.93. The maximum Gasteiger partial charge on any atom is 0.221 e. The number of aromatic nitrogens is 2. The third-order valence-electron chi connectivity index (χ3n) is 6.30. The summed E-state index contributed by atoms with van der Waals surface area (Å²) in [5.41, 5.74) is 6.83. The van der Waals surface area contributed by atoms with E-state index in [9.17, 15) is 4.79 Å². The number of para-hydroxylation sites is 1. The molecule has 0 aliphatic heterocycles. The molecular weight excluding hydrogens is 420 g/mol. The van der Waals surface area contributed by atoms with Gasteiger partial charge in [-0.2, -0.15) is 0 Å². The van der Waals surface area contributed by atoms with Crippen molar-refractivity contribution in [1.29, 1.82) is 0 Å². The van der Waals surface area contributed by atoms with Crippen molar-refractivity contribution in [3.63, 3.8) is 0 Å². The van der Waals surface area contributed by atoms with Crippen molar-refractivity contribution in [2.45, 2.75) is 44.9 Å². The van der Waals surface area contributed by atoms with E-state index in [2.05, 4.69) is 27.8 Å². The summed E-state index contributed by atoms with van der Waals surface area (Å²) < 4.78 is 0. The SMILES string of the molecule is O=C(CCCc1c[nH]c2ccccc12)NCNc1c2c(nc3cc(Cl)ccc13)CCCC2. The minimum Gasteiger partial charge on any atom is -0.367 e. The Kier molecular flexibility index (Phi) is 5.99. The van der Waals surface area contributed by atoms with E-state index in [-0.39, 0.29) is 5.91 Å². The lowest BCUT2D eigenvalue weighted by molar-refractivity contribution is -0.121. The molecule has 2 aromatic carbocycles. The number of carbonyl (C=O) groups excluding carboxylic acids is 1. The second-order valence-corrected chi connectivity index (χ2v) is 8.88. The molecule has 0 spiro atoms. The predicted octanol–water partition coefficient (Wildman–Crippen LogP) is 5.76. The highest BCUT2D eigenvalue weighted by atomic mass is 35.5. The molecule has 1 aliphatic rings. The second kappa shape index (κ2) is 9.21. The molecule has 6 heteroatoms. The summed E-state index contributed by atoms with van der Waals surface area (Å²) in [7, 11) is 0. The van der Waals surface area contributed by atoms with Crippen LogP contribution in [0.5, 0.6) is 0 Å². The van der Waals surface area contributed by atoms with Crippen LogP contribution in [0.3, 0.4) is 0 Å². The molecule has 3 N–H and O–H groups in total. The first-order chi connectivity index (χ1) is 15.7. The van der Waals surface area contributed by atoms with Gasteiger partial charge in [0.05, 0.1) is 12.2 Å². The quantitative estimate of drug-likeness (QED) is 0.316. The minimum atomic E-state index is 0.0626. The number of halogens is 1. The molecular formula is C26H27ClN4O. The zero-order valence-corrected chi connectivity index (χ0v) is 18.8. The number of benzene rings is 2.